The Morgan fingerprint density at radius 2 is 2.05 bits per heavy atom. The molecule has 0 fully saturated rings. The van der Waals surface area contributed by atoms with Crippen molar-refractivity contribution in [3.63, 3.8) is 0 Å². The van der Waals surface area contributed by atoms with Crippen molar-refractivity contribution in [3.05, 3.63) is 35.4 Å². The van der Waals surface area contributed by atoms with Crippen LogP contribution in [0.4, 0.5) is 8.78 Å². The Hall–Kier alpha value is -2.49. The lowest BCUT2D eigenvalue weighted by molar-refractivity contribution is -0.143. The number of aliphatic carboxylic acids is 1. The van der Waals surface area contributed by atoms with Gasteiger partial charge in [-0.1, -0.05) is 13.0 Å². The number of nitrogens with one attached hydrogen (secondary N) is 1. The maximum absolute atomic E-state index is 13.0. The zero-order chi connectivity index (χ0) is 16.0. The summed E-state index contributed by atoms with van der Waals surface area (Å²) in [6, 6.07) is 3.64. The predicted molar refractivity (Wildman–Crippen MR) is 69.0 cm³/mol. The van der Waals surface area contributed by atoms with E-state index >= 15 is 0 Å². The minimum Gasteiger partial charge on any atom is -0.480 e. The molecule has 1 amide bonds. The fourth-order valence-electron chi connectivity index (χ4n) is 1.77. The topological polar surface area (TPSA) is 90.2 Å². The van der Waals surface area contributed by atoms with E-state index in [1.54, 1.807) is 0 Å². The van der Waals surface area contributed by atoms with E-state index in [9.17, 15) is 18.4 Å². The van der Waals surface area contributed by atoms with Crippen molar-refractivity contribution in [2.75, 3.05) is 0 Å². The van der Waals surface area contributed by atoms with Crippen LogP contribution in [-0.4, -0.2) is 23.0 Å². The van der Waals surface area contributed by atoms with E-state index in [1.807, 2.05) is 6.07 Å². The highest BCUT2D eigenvalue weighted by Gasteiger charge is 2.26. The van der Waals surface area contributed by atoms with E-state index in [1.165, 1.54) is 13.0 Å². The van der Waals surface area contributed by atoms with E-state index in [0.29, 0.717) is 0 Å². The molecule has 0 aromatic heterocycles. The second-order valence-electron chi connectivity index (χ2n) is 4.65. The standard InChI is InChI=1S/C14H14F2N2O3/c1-8(4-5-17)13(14(20)21)18-12(19)7-9-2-3-10(15)11(16)6-9/h2-3,6,8,13H,4,7H2,1H3,(H,18,19)(H,20,21)/t8-,13+/m1/s1. The molecule has 21 heavy (non-hydrogen) atoms. The number of nitriles is 1. The summed E-state index contributed by atoms with van der Waals surface area (Å²) < 4.78 is 25.8. The molecule has 0 aliphatic rings. The van der Waals surface area contributed by atoms with Gasteiger partial charge in [0.1, 0.15) is 6.04 Å². The summed E-state index contributed by atoms with van der Waals surface area (Å²) in [6.07, 6.45) is -0.303. The number of carbonyl (C=O) groups excluding carboxylic acids is 1. The molecule has 0 aliphatic heterocycles. The van der Waals surface area contributed by atoms with Crippen LogP contribution in [-0.2, 0) is 16.0 Å². The Morgan fingerprint density at radius 3 is 2.57 bits per heavy atom. The van der Waals surface area contributed by atoms with Crippen LogP contribution >= 0.6 is 0 Å². The van der Waals surface area contributed by atoms with Gasteiger partial charge in [-0.3, -0.25) is 4.79 Å². The molecule has 2 atom stereocenters. The smallest absolute Gasteiger partial charge is 0.326 e. The predicted octanol–water partition coefficient (Wildman–Crippen LogP) is 1.63. The summed E-state index contributed by atoms with van der Waals surface area (Å²) >= 11 is 0. The average Bonchev–Trinajstić information content (AvgIpc) is 2.40. The quantitative estimate of drug-likeness (QED) is 0.834. The van der Waals surface area contributed by atoms with Gasteiger partial charge in [0.25, 0.3) is 0 Å². The molecule has 0 spiro atoms. The zero-order valence-electron chi connectivity index (χ0n) is 11.3. The molecule has 0 unspecified atom stereocenters. The third-order valence-electron chi connectivity index (χ3n) is 2.91. The van der Waals surface area contributed by atoms with Gasteiger partial charge in [0.2, 0.25) is 5.91 Å². The molecule has 5 nitrogen and oxygen atoms in total. The number of benzene rings is 1. The fraction of sp³-hybridized carbons (Fsp3) is 0.357. The van der Waals surface area contributed by atoms with Gasteiger partial charge >= 0.3 is 5.97 Å². The van der Waals surface area contributed by atoms with Crippen LogP contribution in [0.5, 0.6) is 0 Å². The second-order valence-corrected chi connectivity index (χ2v) is 4.65. The van der Waals surface area contributed by atoms with Gasteiger partial charge in [-0.2, -0.15) is 5.26 Å². The highest BCUT2D eigenvalue weighted by Crippen LogP contribution is 2.11. The van der Waals surface area contributed by atoms with Gasteiger partial charge in [-0.25, -0.2) is 13.6 Å². The summed E-state index contributed by atoms with van der Waals surface area (Å²) in [5, 5.41) is 19.9. The number of nitrogens with zero attached hydrogens (tertiary/aromatic N) is 1. The maximum atomic E-state index is 13.0. The van der Waals surface area contributed by atoms with Gasteiger partial charge in [-0.15, -0.1) is 0 Å². The van der Waals surface area contributed by atoms with Gasteiger partial charge in [0, 0.05) is 12.3 Å². The molecule has 0 saturated carbocycles. The highest BCUT2D eigenvalue weighted by atomic mass is 19.2. The summed E-state index contributed by atoms with van der Waals surface area (Å²) in [5.41, 5.74) is 0.225. The first-order valence-electron chi connectivity index (χ1n) is 6.18. The van der Waals surface area contributed by atoms with Crippen molar-refractivity contribution < 1.29 is 23.5 Å². The van der Waals surface area contributed by atoms with Crippen LogP contribution in [0, 0.1) is 28.9 Å². The molecule has 0 saturated heterocycles. The first-order chi connectivity index (χ1) is 9.85. The van der Waals surface area contributed by atoms with Crippen molar-refractivity contribution in [3.8, 4) is 6.07 Å². The molecule has 2 N–H and O–H groups in total. The van der Waals surface area contributed by atoms with Gasteiger partial charge in [0.05, 0.1) is 12.5 Å². The Labute approximate surface area is 120 Å². The molecule has 0 bridgehead atoms. The van der Waals surface area contributed by atoms with E-state index < -0.39 is 35.5 Å². The number of amides is 1. The lowest BCUT2D eigenvalue weighted by Crippen LogP contribution is -2.45. The van der Waals surface area contributed by atoms with Crippen LogP contribution < -0.4 is 5.32 Å². The number of hydrogen-bond donors (Lipinski definition) is 2. The molecule has 1 aromatic rings. The van der Waals surface area contributed by atoms with Crippen molar-refractivity contribution in [2.24, 2.45) is 5.92 Å². The minimum atomic E-state index is -1.25. The first-order valence-corrected chi connectivity index (χ1v) is 6.18. The summed E-state index contributed by atoms with van der Waals surface area (Å²) in [6.45, 7) is 1.53. The van der Waals surface area contributed by atoms with Gasteiger partial charge in [0.15, 0.2) is 11.6 Å². The van der Waals surface area contributed by atoms with E-state index in [4.69, 9.17) is 10.4 Å². The zero-order valence-corrected chi connectivity index (χ0v) is 11.3. The third kappa shape index (κ3) is 4.84. The van der Waals surface area contributed by atoms with E-state index in [-0.39, 0.29) is 18.4 Å². The van der Waals surface area contributed by atoms with Crippen LogP contribution in [0.25, 0.3) is 0 Å². The van der Waals surface area contributed by atoms with Gasteiger partial charge < -0.3 is 10.4 Å². The van der Waals surface area contributed by atoms with E-state index in [2.05, 4.69) is 5.32 Å². The molecular formula is C14H14F2N2O3. The lowest BCUT2D eigenvalue weighted by atomic mass is 9.98. The van der Waals surface area contributed by atoms with Crippen LogP contribution in [0.3, 0.4) is 0 Å². The monoisotopic (exact) mass is 296 g/mol. The minimum absolute atomic E-state index is 0.0254. The van der Waals surface area contributed by atoms with Crippen molar-refractivity contribution in [1.82, 2.24) is 5.32 Å². The number of carboxylic acids is 1. The Morgan fingerprint density at radius 1 is 1.38 bits per heavy atom. The number of halogens is 2. The highest BCUT2D eigenvalue weighted by molar-refractivity contribution is 5.85. The number of rotatable bonds is 6. The molecule has 0 radical (unpaired) electrons. The molecule has 0 heterocycles. The van der Waals surface area contributed by atoms with E-state index in [0.717, 1.165) is 12.1 Å². The Bertz CT molecular complexity index is 584. The van der Waals surface area contributed by atoms with Gasteiger partial charge in [-0.05, 0) is 17.7 Å². The SMILES string of the molecule is C[C@H](CC#N)[C@H](NC(=O)Cc1ccc(F)c(F)c1)C(=O)O. The normalized spacial score (nSPS) is 13.0. The largest absolute Gasteiger partial charge is 0.480 e. The number of carbonyl (C=O) groups is 2. The average molecular weight is 296 g/mol. The fourth-order valence-corrected chi connectivity index (χ4v) is 1.77. The summed E-state index contributed by atoms with van der Waals surface area (Å²) in [5.74, 6) is -4.56. The summed E-state index contributed by atoms with van der Waals surface area (Å²) in [4.78, 5) is 22.8. The van der Waals surface area contributed by atoms with Crippen LogP contribution in [0.2, 0.25) is 0 Å². The van der Waals surface area contributed by atoms with Crippen LogP contribution in [0.15, 0.2) is 18.2 Å². The number of carboxylic acid groups (broad SMARTS) is 1. The van der Waals surface area contributed by atoms with Crippen molar-refractivity contribution in [2.45, 2.75) is 25.8 Å². The lowest BCUT2D eigenvalue weighted by Gasteiger charge is -2.19. The molecule has 1 rings (SSSR count). The second kappa shape index (κ2) is 7.33. The molecular weight excluding hydrogens is 282 g/mol. The summed E-state index contributed by atoms with van der Waals surface area (Å²) in [7, 11) is 0. The molecule has 7 heteroatoms. The van der Waals surface area contributed by atoms with Crippen LogP contribution in [0.1, 0.15) is 18.9 Å². The Balaban J connectivity index is 2.72. The third-order valence-corrected chi connectivity index (χ3v) is 2.91. The first kappa shape index (κ1) is 16.6. The number of hydrogen-bond acceptors (Lipinski definition) is 3. The van der Waals surface area contributed by atoms with Crippen molar-refractivity contribution in [1.29, 1.82) is 5.26 Å². The van der Waals surface area contributed by atoms with Crippen molar-refractivity contribution >= 4 is 11.9 Å². The molecule has 112 valence electrons. The molecule has 1 aromatic carbocycles. The maximum Gasteiger partial charge on any atom is 0.326 e. The molecule has 0 aliphatic carbocycles. The Kier molecular flexibility index (Phi) is 5.79.